The zero-order valence-corrected chi connectivity index (χ0v) is 10.6. The molecule has 0 bridgehead atoms. The summed E-state index contributed by atoms with van der Waals surface area (Å²) >= 11 is 0. The third-order valence-electron chi connectivity index (χ3n) is 2.34. The number of rotatable bonds is 5. The Bertz CT molecular complexity index is 366. The molecule has 4 heteroatoms. The topological polar surface area (TPSA) is 50.4 Å². The minimum absolute atomic E-state index is 0.176. The molecule has 0 aromatic heterocycles. The van der Waals surface area contributed by atoms with Crippen LogP contribution in [0.25, 0.3) is 0 Å². The monoisotopic (exact) mass is 236 g/mol. The highest BCUT2D eigenvalue weighted by Crippen LogP contribution is 2.19. The molecular weight excluding hydrogens is 216 g/mol. The fourth-order valence-electron chi connectivity index (χ4n) is 1.30. The van der Waals surface area contributed by atoms with E-state index in [1.165, 1.54) is 0 Å². The predicted octanol–water partition coefficient (Wildman–Crippen LogP) is 3.01. The zero-order chi connectivity index (χ0) is 12.7. The highest BCUT2D eigenvalue weighted by atomic mass is 16.5. The number of benzene rings is 1. The number of amides is 2. The SMILES string of the molecule is CCNC(=O)Nc1cccc(OC(C)CC)c1. The lowest BCUT2D eigenvalue weighted by Crippen LogP contribution is -2.28. The second-order valence-corrected chi connectivity index (χ2v) is 3.85. The van der Waals surface area contributed by atoms with Crippen LogP contribution in [0.1, 0.15) is 27.2 Å². The molecule has 17 heavy (non-hydrogen) atoms. The zero-order valence-electron chi connectivity index (χ0n) is 10.6. The summed E-state index contributed by atoms with van der Waals surface area (Å²) in [6, 6.07) is 7.20. The molecule has 0 saturated heterocycles. The third-order valence-corrected chi connectivity index (χ3v) is 2.34. The van der Waals surface area contributed by atoms with E-state index in [0.717, 1.165) is 17.9 Å². The first-order valence-electron chi connectivity index (χ1n) is 5.97. The van der Waals surface area contributed by atoms with Crippen molar-refractivity contribution >= 4 is 11.7 Å². The van der Waals surface area contributed by atoms with Crippen molar-refractivity contribution in [3.05, 3.63) is 24.3 Å². The second-order valence-electron chi connectivity index (χ2n) is 3.85. The molecule has 4 nitrogen and oxygen atoms in total. The first-order chi connectivity index (χ1) is 8.15. The van der Waals surface area contributed by atoms with Crippen LogP contribution in [0, 0.1) is 0 Å². The van der Waals surface area contributed by atoms with Gasteiger partial charge in [0.05, 0.1) is 6.10 Å². The van der Waals surface area contributed by atoms with Crippen LogP contribution in [0.4, 0.5) is 10.5 Å². The Morgan fingerprint density at radius 2 is 2.18 bits per heavy atom. The van der Waals surface area contributed by atoms with Crippen LogP contribution in [0.3, 0.4) is 0 Å². The van der Waals surface area contributed by atoms with E-state index in [1.807, 2.05) is 38.1 Å². The quantitative estimate of drug-likeness (QED) is 0.825. The Hall–Kier alpha value is -1.71. The maximum atomic E-state index is 11.3. The van der Waals surface area contributed by atoms with E-state index in [9.17, 15) is 4.79 Å². The van der Waals surface area contributed by atoms with Crippen molar-refractivity contribution in [2.24, 2.45) is 0 Å². The Balaban J connectivity index is 2.62. The molecule has 2 N–H and O–H groups in total. The van der Waals surface area contributed by atoms with Gasteiger partial charge in [0.25, 0.3) is 0 Å². The lowest BCUT2D eigenvalue weighted by atomic mass is 10.3. The van der Waals surface area contributed by atoms with E-state index in [2.05, 4.69) is 17.6 Å². The van der Waals surface area contributed by atoms with Crippen molar-refractivity contribution < 1.29 is 9.53 Å². The third kappa shape index (κ3) is 4.76. The molecule has 0 aliphatic carbocycles. The molecule has 1 aromatic rings. The molecule has 0 aliphatic rings. The molecule has 0 aliphatic heterocycles. The average Bonchev–Trinajstić information content (AvgIpc) is 2.29. The Kier molecular flexibility index (Phi) is 5.33. The van der Waals surface area contributed by atoms with Gasteiger partial charge in [-0.15, -0.1) is 0 Å². The standard InChI is InChI=1S/C13H20N2O2/c1-4-10(3)17-12-8-6-7-11(9-12)15-13(16)14-5-2/h6-10H,4-5H2,1-3H3,(H2,14,15,16). The van der Waals surface area contributed by atoms with Crippen LogP contribution in [0.5, 0.6) is 5.75 Å². The van der Waals surface area contributed by atoms with Crippen molar-refractivity contribution in [3.63, 3.8) is 0 Å². The van der Waals surface area contributed by atoms with Crippen LogP contribution in [-0.4, -0.2) is 18.7 Å². The highest BCUT2D eigenvalue weighted by molar-refractivity contribution is 5.89. The second kappa shape index (κ2) is 6.78. The maximum Gasteiger partial charge on any atom is 0.319 e. The van der Waals surface area contributed by atoms with Gasteiger partial charge in [-0.3, -0.25) is 0 Å². The molecule has 1 rings (SSSR count). The van der Waals surface area contributed by atoms with E-state index in [1.54, 1.807) is 0 Å². The summed E-state index contributed by atoms with van der Waals surface area (Å²) in [6.07, 6.45) is 1.13. The minimum atomic E-state index is -0.201. The summed E-state index contributed by atoms with van der Waals surface area (Å²) in [7, 11) is 0. The predicted molar refractivity (Wildman–Crippen MR) is 69.5 cm³/mol. The maximum absolute atomic E-state index is 11.3. The fraction of sp³-hybridized carbons (Fsp3) is 0.462. The molecule has 0 fully saturated rings. The molecule has 0 saturated carbocycles. The number of urea groups is 1. The van der Waals surface area contributed by atoms with Crippen LogP contribution in [0.15, 0.2) is 24.3 Å². The largest absolute Gasteiger partial charge is 0.491 e. The molecule has 1 atom stereocenters. The average molecular weight is 236 g/mol. The summed E-state index contributed by atoms with van der Waals surface area (Å²) in [5.74, 6) is 0.772. The summed E-state index contributed by atoms with van der Waals surface area (Å²) in [4.78, 5) is 11.3. The van der Waals surface area contributed by atoms with Gasteiger partial charge in [0.2, 0.25) is 0 Å². The van der Waals surface area contributed by atoms with E-state index >= 15 is 0 Å². The van der Waals surface area contributed by atoms with Crippen LogP contribution in [-0.2, 0) is 0 Å². The van der Waals surface area contributed by atoms with E-state index in [-0.39, 0.29) is 12.1 Å². The number of anilines is 1. The Labute approximate surface area is 102 Å². The molecule has 0 radical (unpaired) electrons. The number of carbonyl (C=O) groups is 1. The van der Waals surface area contributed by atoms with Crippen LogP contribution < -0.4 is 15.4 Å². The summed E-state index contributed by atoms with van der Waals surface area (Å²) < 4.78 is 5.67. The summed E-state index contributed by atoms with van der Waals surface area (Å²) in [6.45, 7) is 6.57. The van der Waals surface area contributed by atoms with Gasteiger partial charge in [-0.05, 0) is 32.4 Å². The van der Waals surface area contributed by atoms with Gasteiger partial charge >= 0.3 is 6.03 Å². The normalized spacial score (nSPS) is 11.7. The Morgan fingerprint density at radius 1 is 1.41 bits per heavy atom. The summed E-state index contributed by atoms with van der Waals surface area (Å²) in [5.41, 5.74) is 0.733. The number of hydrogen-bond donors (Lipinski definition) is 2. The first kappa shape index (κ1) is 13.4. The molecular formula is C13H20N2O2. The van der Waals surface area contributed by atoms with Crippen molar-refractivity contribution in [3.8, 4) is 5.75 Å². The fourth-order valence-corrected chi connectivity index (χ4v) is 1.30. The molecule has 1 unspecified atom stereocenters. The van der Waals surface area contributed by atoms with Gasteiger partial charge in [0.1, 0.15) is 5.75 Å². The van der Waals surface area contributed by atoms with Crippen LogP contribution >= 0.6 is 0 Å². The van der Waals surface area contributed by atoms with E-state index in [0.29, 0.717) is 6.54 Å². The van der Waals surface area contributed by atoms with E-state index in [4.69, 9.17) is 4.74 Å². The van der Waals surface area contributed by atoms with Gasteiger partial charge < -0.3 is 15.4 Å². The lowest BCUT2D eigenvalue weighted by molar-refractivity contribution is 0.217. The number of ether oxygens (including phenoxy) is 1. The van der Waals surface area contributed by atoms with Crippen molar-refractivity contribution in [2.75, 3.05) is 11.9 Å². The van der Waals surface area contributed by atoms with Gasteiger partial charge in [0, 0.05) is 18.3 Å². The Morgan fingerprint density at radius 3 is 2.82 bits per heavy atom. The highest BCUT2D eigenvalue weighted by Gasteiger charge is 2.03. The molecule has 1 aromatic carbocycles. The number of hydrogen-bond acceptors (Lipinski definition) is 2. The first-order valence-corrected chi connectivity index (χ1v) is 5.97. The van der Waals surface area contributed by atoms with Crippen molar-refractivity contribution in [1.82, 2.24) is 5.32 Å². The molecule has 94 valence electrons. The number of carbonyl (C=O) groups excluding carboxylic acids is 1. The molecule has 2 amide bonds. The van der Waals surface area contributed by atoms with Crippen molar-refractivity contribution in [1.29, 1.82) is 0 Å². The van der Waals surface area contributed by atoms with Gasteiger partial charge in [-0.25, -0.2) is 4.79 Å². The smallest absolute Gasteiger partial charge is 0.319 e. The molecule has 0 spiro atoms. The van der Waals surface area contributed by atoms with Gasteiger partial charge in [-0.1, -0.05) is 13.0 Å². The number of nitrogens with one attached hydrogen (secondary N) is 2. The lowest BCUT2D eigenvalue weighted by Gasteiger charge is -2.13. The summed E-state index contributed by atoms with van der Waals surface area (Å²) in [5, 5.41) is 5.42. The van der Waals surface area contributed by atoms with Gasteiger partial charge in [-0.2, -0.15) is 0 Å². The molecule has 0 heterocycles. The van der Waals surface area contributed by atoms with Crippen molar-refractivity contribution in [2.45, 2.75) is 33.3 Å². The van der Waals surface area contributed by atoms with Crippen LogP contribution in [0.2, 0.25) is 0 Å². The van der Waals surface area contributed by atoms with E-state index < -0.39 is 0 Å². The van der Waals surface area contributed by atoms with Gasteiger partial charge in [0.15, 0.2) is 0 Å². The minimum Gasteiger partial charge on any atom is -0.491 e.